The first-order valence-corrected chi connectivity index (χ1v) is 7.83. The van der Waals surface area contributed by atoms with Crippen LogP contribution in [-0.4, -0.2) is 23.4 Å². The Morgan fingerprint density at radius 2 is 1.90 bits per heavy atom. The second-order valence-electron chi connectivity index (χ2n) is 4.85. The van der Waals surface area contributed by atoms with Crippen LogP contribution in [0.5, 0.6) is 0 Å². The van der Waals surface area contributed by atoms with E-state index >= 15 is 0 Å². The molecule has 2 aromatic heterocycles. The Kier molecular flexibility index (Phi) is 3.13. The fraction of sp³-hybridized carbons (Fsp3) is 0.143. The van der Waals surface area contributed by atoms with E-state index in [1.165, 1.54) is 12.5 Å². The maximum Gasteiger partial charge on any atom is 0.261 e. The minimum Gasteiger partial charge on any atom is -0.343 e. The van der Waals surface area contributed by atoms with Crippen LogP contribution in [0.4, 0.5) is 5.69 Å². The molecule has 2 heterocycles. The molecule has 0 saturated carbocycles. The van der Waals surface area contributed by atoms with Crippen LogP contribution in [0.1, 0.15) is 11.1 Å². The van der Waals surface area contributed by atoms with E-state index in [-0.39, 0.29) is 4.90 Å². The number of sulfonamides is 1. The van der Waals surface area contributed by atoms with Crippen LogP contribution >= 0.6 is 0 Å². The number of fused-ring (bicyclic) bond motifs is 1. The number of rotatable bonds is 3. The van der Waals surface area contributed by atoms with Crippen molar-refractivity contribution in [2.75, 3.05) is 4.72 Å². The number of anilines is 1. The first-order valence-electron chi connectivity index (χ1n) is 6.35. The minimum absolute atomic E-state index is 0.232. The smallest absolute Gasteiger partial charge is 0.261 e. The largest absolute Gasteiger partial charge is 0.343 e. The number of pyridine rings is 1. The Bertz CT molecular complexity index is 916. The molecule has 0 saturated heterocycles. The van der Waals surface area contributed by atoms with Gasteiger partial charge in [0.15, 0.2) is 5.65 Å². The zero-order valence-electron chi connectivity index (χ0n) is 11.6. The summed E-state index contributed by atoms with van der Waals surface area (Å²) < 4.78 is 27.3. The molecule has 1 aromatic carbocycles. The van der Waals surface area contributed by atoms with Crippen LogP contribution < -0.4 is 4.72 Å². The minimum atomic E-state index is -3.63. The number of aromatic amines is 1. The average molecular weight is 302 g/mol. The van der Waals surface area contributed by atoms with Crippen LogP contribution in [-0.2, 0) is 10.0 Å². The lowest BCUT2D eigenvalue weighted by molar-refractivity contribution is 0.601. The molecule has 108 valence electrons. The molecule has 0 unspecified atom stereocenters. The van der Waals surface area contributed by atoms with Crippen molar-refractivity contribution in [2.24, 2.45) is 0 Å². The highest BCUT2D eigenvalue weighted by molar-refractivity contribution is 7.92. The number of hydrogen-bond acceptors (Lipinski definition) is 4. The highest BCUT2D eigenvalue weighted by atomic mass is 32.2. The van der Waals surface area contributed by atoms with Gasteiger partial charge in [0, 0.05) is 0 Å². The lowest BCUT2D eigenvalue weighted by Crippen LogP contribution is -2.13. The molecule has 0 bridgehead atoms. The van der Waals surface area contributed by atoms with Gasteiger partial charge in [0.1, 0.15) is 0 Å². The SMILES string of the molecule is Cc1ccc(S(=O)(=O)Nc2cnc3nc[nH]c3c2)cc1C. The standard InChI is InChI=1S/C14H14N4O2S/c1-9-3-4-12(5-10(9)2)21(19,20)18-11-6-13-14(15-7-11)17-8-16-13/h3-8,18H,1-2H3,(H,15,16,17). The van der Waals surface area contributed by atoms with Crippen molar-refractivity contribution in [2.45, 2.75) is 18.7 Å². The number of benzene rings is 1. The van der Waals surface area contributed by atoms with E-state index in [1.54, 1.807) is 24.3 Å². The van der Waals surface area contributed by atoms with Gasteiger partial charge in [0.25, 0.3) is 10.0 Å². The van der Waals surface area contributed by atoms with Gasteiger partial charge in [-0.15, -0.1) is 0 Å². The van der Waals surface area contributed by atoms with Crippen molar-refractivity contribution >= 4 is 26.9 Å². The van der Waals surface area contributed by atoms with Crippen molar-refractivity contribution in [1.82, 2.24) is 15.0 Å². The van der Waals surface area contributed by atoms with Crippen LogP contribution in [0.15, 0.2) is 41.7 Å². The van der Waals surface area contributed by atoms with Gasteiger partial charge < -0.3 is 4.98 Å². The summed E-state index contributed by atoms with van der Waals surface area (Å²) in [5, 5.41) is 0. The van der Waals surface area contributed by atoms with E-state index in [1.807, 2.05) is 13.8 Å². The summed E-state index contributed by atoms with van der Waals surface area (Å²) in [6.07, 6.45) is 2.96. The summed E-state index contributed by atoms with van der Waals surface area (Å²) in [5.41, 5.74) is 3.60. The van der Waals surface area contributed by atoms with E-state index in [2.05, 4.69) is 19.7 Å². The maximum absolute atomic E-state index is 12.4. The summed E-state index contributed by atoms with van der Waals surface area (Å²) in [7, 11) is -3.63. The molecule has 3 aromatic rings. The molecule has 0 spiro atoms. The molecule has 0 fully saturated rings. The van der Waals surface area contributed by atoms with Gasteiger partial charge in [0.2, 0.25) is 0 Å². The fourth-order valence-corrected chi connectivity index (χ4v) is 3.10. The Hall–Kier alpha value is -2.41. The molecule has 7 heteroatoms. The molecular formula is C14H14N4O2S. The third-order valence-electron chi connectivity index (χ3n) is 3.31. The van der Waals surface area contributed by atoms with E-state index < -0.39 is 10.0 Å². The van der Waals surface area contributed by atoms with Gasteiger partial charge in [-0.1, -0.05) is 6.07 Å². The molecule has 0 aliphatic carbocycles. The topological polar surface area (TPSA) is 87.7 Å². The number of imidazole rings is 1. The molecule has 2 N–H and O–H groups in total. The van der Waals surface area contributed by atoms with Gasteiger partial charge in [0.05, 0.1) is 28.6 Å². The average Bonchev–Trinajstić information content (AvgIpc) is 2.88. The summed E-state index contributed by atoms with van der Waals surface area (Å²) in [4.78, 5) is 11.2. The van der Waals surface area contributed by atoms with Crippen molar-refractivity contribution in [3.05, 3.63) is 47.9 Å². The maximum atomic E-state index is 12.4. The van der Waals surface area contributed by atoms with Crippen LogP contribution in [0.3, 0.4) is 0 Å². The van der Waals surface area contributed by atoms with E-state index in [0.29, 0.717) is 16.9 Å². The summed E-state index contributed by atoms with van der Waals surface area (Å²) in [6, 6.07) is 6.70. The number of H-pyrrole nitrogens is 1. The Labute approximate surface area is 122 Å². The van der Waals surface area contributed by atoms with Crippen LogP contribution in [0, 0.1) is 13.8 Å². The number of hydrogen-bond donors (Lipinski definition) is 2. The first kappa shape index (κ1) is 13.6. The summed E-state index contributed by atoms with van der Waals surface area (Å²) >= 11 is 0. The summed E-state index contributed by atoms with van der Waals surface area (Å²) in [6.45, 7) is 3.82. The second kappa shape index (κ2) is 4.85. The molecule has 0 atom stereocenters. The third kappa shape index (κ3) is 2.59. The predicted molar refractivity (Wildman–Crippen MR) is 80.6 cm³/mol. The van der Waals surface area contributed by atoms with Crippen molar-refractivity contribution < 1.29 is 8.42 Å². The third-order valence-corrected chi connectivity index (χ3v) is 4.69. The highest BCUT2D eigenvalue weighted by Crippen LogP contribution is 2.20. The second-order valence-corrected chi connectivity index (χ2v) is 6.53. The first-order chi connectivity index (χ1) is 9.95. The Morgan fingerprint density at radius 1 is 1.10 bits per heavy atom. The summed E-state index contributed by atoms with van der Waals surface area (Å²) in [5.74, 6) is 0. The quantitative estimate of drug-likeness (QED) is 0.777. The molecule has 0 radical (unpaired) electrons. The lowest BCUT2D eigenvalue weighted by atomic mass is 10.1. The number of nitrogens with one attached hydrogen (secondary N) is 2. The molecule has 0 amide bonds. The number of aryl methyl sites for hydroxylation is 2. The molecule has 3 rings (SSSR count). The Morgan fingerprint density at radius 3 is 2.67 bits per heavy atom. The molecule has 21 heavy (non-hydrogen) atoms. The molecule has 0 aliphatic heterocycles. The van der Waals surface area contributed by atoms with E-state index in [4.69, 9.17) is 0 Å². The van der Waals surface area contributed by atoms with E-state index in [9.17, 15) is 8.42 Å². The molecule has 6 nitrogen and oxygen atoms in total. The lowest BCUT2D eigenvalue weighted by Gasteiger charge is -2.09. The van der Waals surface area contributed by atoms with Gasteiger partial charge in [-0.25, -0.2) is 18.4 Å². The zero-order chi connectivity index (χ0) is 15.0. The Balaban J connectivity index is 1.96. The predicted octanol–water partition coefficient (Wildman–Crippen LogP) is 2.38. The number of aromatic nitrogens is 3. The zero-order valence-corrected chi connectivity index (χ0v) is 12.4. The van der Waals surface area contributed by atoms with E-state index in [0.717, 1.165) is 11.1 Å². The van der Waals surface area contributed by atoms with Crippen LogP contribution in [0.25, 0.3) is 11.2 Å². The van der Waals surface area contributed by atoms with Gasteiger partial charge in [-0.3, -0.25) is 4.72 Å². The van der Waals surface area contributed by atoms with Gasteiger partial charge in [-0.05, 0) is 43.2 Å². The van der Waals surface area contributed by atoms with Crippen LogP contribution in [0.2, 0.25) is 0 Å². The fourth-order valence-electron chi connectivity index (χ4n) is 1.98. The van der Waals surface area contributed by atoms with Crippen molar-refractivity contribution in [3.8, 4) is 0 Å². The van der Waals surface area contributed by atoms with Crippen molar-refractivity contribution in [1.29, 1.82) is 0 Å². The van der Waals surface area contributed by atoms with Gasteiger partial charge >= 0.3 is 0 Å². The normalized spacial score (nSPS) is 11.7. The number of nitrogens with zero attached hydrogens (tertiary/aromatic N) is 2. The van der Waals surface area contributed by atoms with Crippen molar-refractivity contribution in [3.63, 3.8) is 0 Å². The van der Waals surface area contributed by atoms with Gasteiger partial charge in [-0.2, -0.15) is 0 Å². The molecule has 0 aliphatic rings. The molecular weight excluding hydrogens is 288 g/mol. The monoisotopic (exact) mass is 302 g/mol. The highest BCUT2D eigenvalue weighted by Gasteiger charge is 2.15.